The highest BCUT2D eigenvalue weighted by Crippen LogP contribution is 2.28. The van der Waals surface area contributed by atoms with Gasteiger partial charge < -0.3 is 5.11 Å². The van der Waals surface area contributed by atoms with Gasteiger partial charge in [0.05, 0.1) is 6.10 Å². The molecule has 4 nitrogen and oxygen atoms in total. The SMILES string of the molecule is CC(C)n1ncnc1CC(O)C1CCCCS1. The van der Waals surface area contributed by atoms with Crippen molar-refractivity contribution >= 4 is 11.8 Å². The Balaban J connectivity index is 1.97. The molecule has 2 rings (SSSR count). The van der Waals surface area contributed by atoms with Gasteiger partial charge in [-0.3, -0.25) is 0 Å². The monoisotopic (exact) mass is 255 g/mol. The van der Waals surface area contributed by atoms with E-state index in [0.29, 0.717) is 17.7 Å². The molecule has 0 aliphatic carbocycles. The van der Waals surface area contributed by atoms with Crippen molar-refractivity contribution in [1.82, 2.24) is 14.8 Å². The highest BCUT2D eigenvalue weighted by Gasteiger charge is 2.24. The van der Waals surface area contributed by atoms with Crippen LogP contribution < -0.4 is 0 Å². The van der Waals surface area contributed by atoms with Crippen LogP contribution in [0, 0.1) is 0 Å². The predicted octanol–water partition coefficient (Wildman–Crippen LogP) is 2.05. The molecule has 1 aromatic rings. The summed E-state index contributed by atoms with van der Waals surface area (Å²) < 4.78 is 1.90. The second-order valence-corrected chi connectivity index (χ2v) is 6.24. The van der Waals surface area contributed by atoms with Crippen LogP contribution in [0.2, 0.25) is 0 Å². The molecule has 2 unspecified atom stereocenters. The van der Waals surface area contributed by atoms with Gasteiger partial charge >= 0.3 is 0 Å². The largest absolute Gasteiger partial charge is 0.392 e. The first-order chi connectivity index (χ1) is 8.18. The average Bonchev–Trinajstić information content (AvgIpc) is 2.78. The summed E-state index contributed by atoms with van der Waals surface area (Å²) in [7, 11) is 0. The van der Waals surface area contributed by atoms with E-state index in [-0.39, 0.29) is 6.10 Å². The first-order valence-electron chi connectivity index (χ1n) is 6.36. The number of hydrogen-bond acceptors (Lipinski definition) is 4. The summed E-state index contributed by atoms with van der Waals surface area (Å²) in [6.45, 7) is 4.17. The highest BCUT2D eigenvalue weighted by molar-refractivity contribution is 8.00. The summed E-state index contributed by atoms with van der Waals surface area (Å²) in [5, 5.41) is 14.8. The second-order valence-electron chi connectivity index (χ2n) is 4.89. The Morgan fingerprint density at radius 3 is 3.00 bits per heavy atom. The standard InChI is InChI=1S/C12H21N3OS/c1-9(2)15-12(13-8-14-15)7-10(16)11-5-3-4-6-17-11/h8-11,16H,3-7H2,1-2H3. The molecular weight excluding hydrogens is 234 g/mol. The molecule has 0 aromatic carbocycles. The Bertz CT molecular complexity index is 347. The number of aromatic nitrogens is 3. The van der Waals surface area contributed by atoms with Crippen LogP contribution in [0.5, 0.6) is 0 Å². The van der Waals surface area contributed by atoms with Gasteiger partial charge in [-0.15, -0.1) is 0 Å². The van der Waals surface area contributed by atoms with Gasteiger partial charge in [-0.25, -0.2) is 9.67 Å². The fourth-order valence-corrected chi connectivity index (χ4v) is 3.56. The average molecular weight is 255 g/mol. The summed E-state index contributed by atoms with van der Waals surface area (Å²) in [5.41, 5.74) is 0. The van der Waals surface area contributed by atoms with Gasteiger partial charge in [0, 0.05) is 17.7 Å². The van der Waals surface area contributed by atoms with Gasteiger partial charge in [-0.1, -0.05) is 6.42 Å². The lowest BCUT2D eigenvalue weighted by Gasteiger charge is -2.26. The molecule has 1 aromatic heterocycles. The minimum absolute atomic E-state index is 0.290. The van der Waals surface area contributed by atoms with Crippen molar-refractivity contribution in [3.63, 3.8) is 0 Å². The first-order valence-corrected chi connectivity index (χ1v) is 7.41. The highest BCUT2D eigenvalue weighted by atomic mass is 32.2. The third-order valence-corrected chi connectivity index (χ3v) is 4.67. The van der Waals surface area contributed by atoms with Crippen LogP contribution in [0.25, 0.3) is 0 Å². The summed E-state index contributed by atoms with van der Waals surface area (Å²) in [5.74, 6) is 2.08. The van der Waals surface area contributed by atoms with Crippen molar-refractivity contribution in [1.29, 1.82) is 0 Å². The minimum Gasteiger partial charge on any atom is -0.392 e. The van der Waals surface area contributed by atoms with Gasteiger partial charge in [0.1, 0.15) is 12.2 Å². The fourth-order valence-electron chi connectivity index (χ4n) is 2.24. The molecule has 96 valence electrons. The van der Waals surface area contributed by atoms with E-state index in [1.807, 2.05) is 16.4 Å². The molecule has 0 amide bonds. The number of aliphatic hydroxyl groups is 1. The zero-order valence-electron chi connectivity index (χ0n) is 10.5. The van der Waals surface area contributed by atoms with Crippen LogP contribution in [0.3, 0.4) is 0 Å². The maximum atomic E-state index is 10.3. The topological polar surface area (TPSA) is 50.9 Å². The zero-order chi connectivity index (χ0) is 12.3. The molecule has 2 atom stereocenters. The molecule has 1 aliphatic rings. The number of hydrogen-bond donors (Lipinski definition) is 1. The molecule has 2 heterocycles. The van der Waals surface area contributed by atoms with Crippen LogP contribution in [0.1, 0.15) is 45.0 Å². The van der Waals surface area contributed by atoms with Crippen LogP contribution in [-0.2, 0) is 6.42 Å². The molecule has 5 heteroatoms. The van der Waals surface area contributed by atoms with Gasteiger partial charge in [-0.05, 0) is 32.4 Å². The maximum absolute atomic E-state index is 10.3. The van der Waals surface area contributed by atoms with Crippen molar-refractivity contribution in [3.05, 3.63) is 12.2 Å². The molecule has 1 saturated heterocycles. The summed E-state index contributed by atoms with van der Waals surface area (Å²) in [6.07, 6.45) is 5.57. The van der Waals surface area contributed by atoms with E-state index in [2.05, 4.69) is 23.9 Å². The van der Waals surface area contributed by atoms with Crippen molar-refractivity contribution in [2.75, 3.05) is 5.75 Å². The maximum Gasteiger partial charge on any atom is 0.138 e. The lowest BCUT2D eigenvalue weighted by atomic mass is 10.1. The number of aliphatic hydroxyl groups excluding tert-OH is 1. The van der Waals surface area contributed by atoms with E-state index < -0.39 is 0 Å². The van der Waals surface area contributed by atoms with E-state index >= 15 is 0 Å². The Morgan fingerprint density at radius 2 is 2.35 bits per heavy atom. The number of rotatable bonds is 4. The van der Waals surface area contributed by atoms with E-state index in [0.717, 1.165) is 12.2 Å². The van der Waals surface area contributed by atoms with Gasteiger partial charge in [-0.2, -0.15) is 16.9 Å². The Morgan fingerprint density at radius 1 is 1.53 bits per heavy atom. The minimum atomic E-state index is -0.290. The van der Waals surface area contributed by atoms with Crippen LogP contribution >= 0.6 is 11.8 Å². The Hall–Kier alpha value is -0.550. The third-order valence-electron chi connectivity index (χ3n) is 3.17. The smallest absolute Gasteiger partial charge is 0.138 e. The molecule has 0 saturated carbocycles. The van der Waals surface area contributed by atoms with Gasteiger partial charge in [0.25, 0.3) is 0 Å². The molecule has 0 bridgehead atoms. The molecule has 0 radical (unpaired) electrons. The Kier molecular flexibility index (Phi) is 4.45. The van der Waals surface area contributed by atoms with Crippen molar-refractivity contribution < 1.29 is 5.11 Å². The lowest BCUT2D eigenvalue weighted by molar-refractivity contribution is 0.161. The lowest BCUT2D eigenvalue weighted by Crippen LogP contribution is -2.29. The van der Waals surface area contributed by atoms with Crippen molar-refractivity contribution in [2.24, 2.45) is 0 Å². The molecular formula is C12H21N3OS. The fraction of sp³-hybridized carbons (Fsp3) is 0.833. The molecule has 1 fully saturated rings. The summed E-state index contributed by atoms with van der Waals surface area (Å²) in [4.78, 5) is 4.25. The summed E-state index contributed by atoms with van der Waals surface area (Å²) in [6, 6.07) is 0.304. The third kappa shape index (κ3) is 3.22. The van der Waals surface area contributed by atoms with Crippen LogP contribution in [-0.4, -0.2) is 37.0 Å². The van der Waals surface area contributed by atoms with E-state index in [1.165, 1.54) is 18.6 Å². The molecule has 1 N–H and O–H groups in total. The number of nitrogens with zero attached hydrogens (tertiary/aromatic N) is 3. The Labute approximate surface area is 107 Å². The van der Waals surface area contributed by atoms with Crippen LogP contribution in [0.4, 0.5) is 0 Å². The second kappa shape index (κ2) is 5.87. The van der Waals surface area contributed by atoms with Gasteiger partial charge in [0.15, 0.2) is 0 Å². The molecule has 0 spiro atoms. The van der Waals surface area contributed by atoms with E-state index in [1.54, 1.807) is 6.33 Å². The number of thioether (sulfide) groups is 1. The zero-order valence-corrected chi connectivity index (χ0v) is 11.4. The van der Waals surface area contributed by atoms with Crippen LogP contribution in [0.15, 0.2) is 6.33 Å². The summed E-state index contributed by atoms with van der Waals surface area (Å²) >= 11 is 1.90. The molecule has 17 heavy (non-hydrogen) atoms. The predicted molar refractivity (Wildman–Crippen MR) is 70.2 cm³/mol. The van der Waals surface area contributed by atoms with E-state index in [4.69, 9.17) is 0 Å². The van der Waals surface area contributed by atoms with Crippen molar-refractivity contribution in [3.8, 4) is 0 Å². The normalized spacial score (nSPS) is 22.9. The molecule has 1 aliphatic heterocycles. The first kappa shape index (κ1) is 12.9. The quantitative estimate of drug-likeness (QED) is 0.894. The van der Waals surface area contributed by atoms with Crippen molar-refractivity contribution in [2.45, 2.75) is 56.9 Å². The van der Waals surface area contributed by atoms with Gasteiger partial charge in [0.2, 0.25) is 0 Å². The van der Waals surface area contributed by atoms with E-state index in [9.17, 15) is 5.11 Å².